The molecule has 8 aliphatic rings. The highest BCUT2D eigenvalue weighted by molar-refractivity contribution is 7.86. The van der Waals surface area contributed by atoms with Crippen molar-refractivity contribution in [2.24, 2.45) is 92.7 Å². The lowest BCUT2D eigenvalue weighted by Crippen LogP contribution is -2.59. The molecule has 8 saturated carbocycles. The van der Waals surface area contributed by atoms with E-state index in [1.165, 1.54) is 0 Å². The summed E-state index contributed by atoms with van der Waals surface area (Å²) >= 11 is 0. The average Bonchev–Trinajstić information content (AvgIpc) is 3.87. The maximum Gasteiger partial charge on any atom is 0.266 e. The number of amides is 4. The number of rotatable bonds is 20. The summed E-state index contributed by atoms with van der Waals surface area (Å²) in [5, 5.41) is 35.9. The molecule has 0 saturated heterocycles. The van der Waals surface area contributed by atoms with Gasteiger partial charge in [-0.1, -0.05) is 41.5 Å². The van der Waals surface area contributed by atoms with E-state index in [1.807, 2.05) is 0 Å². The zero-order valence-electron chi connectivity index (χ0n) is 46.2. The van der Waals surface area contributed by atoms with Gasteiger partial charge in [0.05, 0.1) is 23.7 Å². The third-order valence-electron chi connectivity index (χ3n) is 23.4. The van der Waals surface area contributed by atoms with Crippen LogP contribution < -0.4 is 21.3 Å². The molecular weight excluding hydrogens is 997 g/mol. The summed E-state index contributed by atoms with van der Waals surface area (Å²) in [6.45, 7) is 14.0. The smallest absolute Gasteiger partial charge is 0.266 e. The van der Waals surface area contributed by atoms with E-state index < -0.39 is 31.7 Å². The Labute approximate surface area is 449 Å². The Morgan fingerprint density at radius 3 is 1.23 bits per heavy atom. The third kappa shape index (κ3) is 12.7. The SMILES string of the molecule is C[C@H](CCC(=O)NCCS(=O)(=O)O)[C@H]1CC[C@H]2[C@@H]3[C@@H](O)CC4C[C@H](NC(=O)CCCC(=O)N[C@H]5CC[C@]6(C)C(C5)C[C@@H](O)[C@@H]5[C@H]7CC[C@@H]([C@@H](C)CCC(=O)NCCS(=O)(=O)O)[C@]7(C)CC[C@H]56)CC[C@]4(C)[C@H]3CC[C@]12C. The molecule has 0 spiro atoms. The van der Waals surface area contributed by atoms with Crippen LogP contribution in [0.1, 0.15) is 189 Å². The van der Waals surface area contributed by atoms with Crippen molar-refractivity contribution in [1.29, 1.82) is 0 Å². The minimum atomic E-state index is -4.12. The molecule has 0 radical (unpaired) electrons. The van der Waals surface area contributed by atoms with Crippen molar-refractivity contribution >= 4 is 43.9 Å². The van der Waals surface area contributed by atoms with Crippen LogP contribution in [0.2, 0.25) is 0 Å². The summed E-state index contributed by atoms with van der Waals surface area (Å²) in [6, 6.07) is 0.118. The minimum Gasteiger partial charge on any atom is -0.393 e. The topological polar surface area (TPSA) is 266 Å². The summed E-state index contributed by atoms with van der Waals surface area (Å²) in [5.74, 6) is 2.96. The molecule has 75 heavy (non-hydrogen) atoms. The number of carbonyl (C=O) groups is 4. The fraction of sp³-hybridized carbons (Fsp3) is 0.930. The maximum absolute atomic E-state index is 13.4. The van der Waals surface area contributed by atoms with E-state index in [0.717, 1.165) is 103 Å². The molecule has 8 fully saturated rings. The Bertz CT molecular complexity index is 2150. The number of carbonyl (C=O) groups excluding carboxylic acids is 4. The lowest BCUT2D eigenvalue weighted by atomic mass is 9.43. The van der Waals surface area contributed by atoms with Gasteiger partial charge in [-0.3, -0.25) is 28.3 Å². The van der Waals surface area contributed by atoms with Gasteiger partial charge >= 0.3 is 0 Å². The van der Waals surface area contributed by atoms with Crippen molar-refractivity contribution in [2.45, 2.75) is 214 Å². The maximum atomic E-state index is 13.4. The van der Waals surface area contributed by atoms with Crippen LogP contribution >= 0.6 is 0 Å². The van der Waals surface area contributed by atoms with Gasteiger partial charge in [0.1, 0.15) is 0 Å². The van der Waals surface area contributed by atoms with Crippen LogP contribution in [0.3, 0.4) is 0 Å². The third-order valence-corrected chi connectivity index (χ3v) is 24.9. The summed E-state index contributed by atoms with van der Waals surface area (Å²) in [7, 11) is -8.25. The first-order chi connectivity index (χ1) is 35.1. The molecule has 20 atom stereocenters. The summed E-state index contributed by atoms with van der Waals surface area (Å²) in [5.41, 5.74) is 0.377. The normalized spacial score (nSPS) is 42.0. The molecule has 4 amide bonds. The first-order valence-electron chi connectivity index (χ1n) is 29.5. The zero-order chi connectivity index (χ0) is 54.5. The van der Waals surface area contributed by atoms with Gasteiger partial charge in [0.15, 0.2) is 0 Å². The minimum absolute atomic E-state index is 0.00882. The number of hydrogen-bond acceptors (Lipinski definition) is 10. The van der Waals surface area contributed by atoms with Crippen molar-refractivity contribution in [1.82, 2.24) is 21.3 Å². The number of aliphatic hydroxyl groups is 2. The predicted molar refractivity (Wildman–Crippen MR) is 287 cm³/mol. The molecule has 8 aliphatic carbocycles. The Morgan fingerprint density at radius 1 is 0.493 bits per heavy atom. The van der Waals surface area contributed by atoms with E-state index >= 15 is 0 Å². The largest absolute Gasteiger partial charge is 0.393 e. The van der Waals surface area contributed by atoms with Crippen LogP contribution in [-0.2, 0) is 39.4 Å². The van der Waals surface area contributed by atoms with Gasteiger partial charge in [0, 0.05) is 50.9 Å². The molecular formula is C57H96N4O12S2. The second-order valence-electron chi connectivity index (χ2n) is 27.3. The van der Waals surface area contributed by atoms with Crippen LogP contribution in [0.5, 0.6) is 0 Å². The van der Waals surface area contributed by atoms with E-state index in [0.29, 0.717) is 104 Å². The number of hydrogen-bond donors (Lipinski definition) is 8. The molecule has 428 valence electrons. The molecule has 8 rings (SSSR count). The number of fused-ring (bicyclic) bond motifs is 10. The molecule has 8 N–H and O–H groups in total. The van der Waals surface area contributed by atoms with Crippen LogP contribution in [0.4, 0.5) is 0 Å². The van der Waals surface area contributed by atoms with Gasteiger partial charge in [0.2, 0.25) is 23.6 Å². The first kappa shape index (κ1) is 58.8. The Balaban J connectivity index is 0.748. The quantitative estimate of drug-likeness (QED) is 0.0562. The monoisotopic (exact) mass is 1090 g/mol. The second-order valence-corrected chi connectivity index (χ2v) is 30.4. The fourth-order valence-corrected chi connectivity index (χ4v) is 20.3. The van der Waals surface area contributed by atoms with Crippen LogP contribution in [0.25, 0.3) is 0 Å². The Kier molecular flexibility index (Phi) is 18.0. The summed E-state index contributed by atoms with van der Waals surface area (Å²) in [4.78, 5) is 51.8. The summed E-state index contributed by atoms with van der Waals surface area (Å²) in [6.07, 6.45) is 18.2. The van der Waals surface area contributed by atoms with E-state index in [9.17, 15) is 46.2 Å². The molecule has 2 unspecified atom stereocenters. The molecule has 18 heteroatoms. The Hall–Kier alpha value is -2.38. The highest BCUT2D eigenvalue weighted by Crippen LogP contribution is 2.70. The molecule has 0 aromatic rings. The molecule has 0 aromatic carbocycles. The fourth-order valence-electron chi connectivity index (χ4n) is 19.6. The molecule has 0 bridgehead atoms. The predicted octanol–water partition coefficient (Wildman–Crippen LogP) is 7.23. The van der Waals surface area contributed by atoms with Crippen molar-refractivity contribution in [3.63, 3.8) is 0 Å². The second kappa shape index (κ2) is 23.0. The molecule has 16 nitrogen and oxygen atoms in total. The van der Waals surface area contributed by atoms with E-state index in [2.05, 4.69) is 62.8 Å². The van der Waals surface area contributed by atoms with Crippen LogP contribution in [0, 0.1) is 92.7 Å². The van der Waals surface area contributed by atoms with Gasteiger partial charge < -0.3 is 31.5 Å². The van der Waals surface area contributed by atoms with Crippen molar-refractivity contribution in [3.05, 3.63) is 0 Å². The van der Waals surface area contributed by atoms with Crippen molar-refractivity contribution < 1.29 is 55.3 Å². The first-order valence-corrected chi connectivity index (χ1v) is 32.8. The highest BCUT2D eigenvalue weighted by atomic mass is 32.2. The standard InChI is InChI=1S/C57H96N4O12S2/c1-34(10-16-48(64)58-26-28-74(68,69)70)40-12-14-42-52-44(20-24-56(40,42)5)54(3)22-18-38(30-36(54)32-46(52)62)60-50(66)8-7-9-51(67)61-39-19-23-55(4)37(31-39)33-47(63)53-43-15-13-41(57(43,6)25-21-45(53)55)35(2)11-17-49(65)59-27-29-75(71,72)73/h34-47,52-53,62-63H,7-33H2,1-6H3,(H,58,64)(H,59,65)(H,60,66)(H,61,67)(H,68,69,70)(H,71,72,73)/t34-,35+,36?,37?,38-,39+,40-,41+,42+,43-,44+,45-,46+,47-,52+,53-,54+,55-,56-,57+. The van der Waals surface area contributed by atoms with E-state index in [-0.39, 0.29) is 94.5 Å². The lowest BCUT2D eigenvalue weighted by molar-refractivity contribution is -0.167. The lowest BCUT2D eigenvalue weighted by Gasteiger charge is -2.62. The number of nitrogens with one attached hydrogen (secondary N) is 4. The molecule has 0 heterocycles. The van der Waals surface area contributed by atoms with Crippen molar-refractivity contribution in [2.75, 3.05) is 24.6 Å². The van der Waals surface area contributed by atoms with E-state index in [4.69, 9.17) is 9.11 Å². The van der Waals surface area contributed by atoms with Crippen molar-refractivity contribution in [3.8, 4) is 0 Å². The average molecular weight is 1090 g/mol. The van der Waals surface area contributed by atoms with Crippen LogP contribution in [-0.4, -0.2) is 109 Å². The molecule has 0 aliphatic heterocycles. The van der Waals surface area contributed by atoms with Gasteiger partial charge in [-0.2, -0.15) is 16.8 Å². The van der Waals surface area contributed by atoms with E-state index in [1.54, 1.807) is 0 Å². The van der Waals surface area contributed by atoms with Crippen LogP contribution in [0.15, 0.2) is 0 Å². The van der Waals surface area contributed by atoms with Gasteiger partial charge in [-0.25, -0.2) is 0 Å². The van der Waals surface area contributed by atoms with Gasteiger partial charge in [-0.05, 0) is 215 Å². The highest BCUT2D eigenvalue weighted by Gasteiger charge is 2.65. The Morgan fingerprint density at radius 2 is 0.853 bits per heavy atom. The van der Waals surface area contributed by atoms with Gasteiger partial charge in [-0.15, -0.1) is 0 Å². The molecule has 0 aromatic heterocycles. The summed E-state index contributed by atoms with van der Waals surface area (Å²) < 4.78 is 62.2. The zero-order valence-corrected chi connectivity index (χ0v) is 47.8. The number of aliphatic hydroxyl groups excluding tert-OH is 2. The van der Waals surface area contributed by atoms with Gasteiger partial charge in [0.25, 0.3) is 20.2 Å².